The van der Waals surface area contributed by atoms with Gasteiger partial charge in [-0.15, -0.1) is 0 Å². The minimum atomic E-state index is -0.502. The number of epoxide rings is 2. The van der Waals surface area contributed by atoms with Crippen molar-refractivity contribution in [1.29, 1.82) is 0 Å². The van der Waals surface area contributed by atoms with Crippen LogP contribution in [0.25, 0.3) is 0 Å². The van der Waals surface area contributed by atoms with E-state index in [1.807, 2.05) is 0 Å². The molecule has 2 saturated heterocycles. The summed E-state index contributed by atoms with van der Waals surface area (Å²) >= 11 is 0. The molecule has 0 aromatic heterocycles. The van der Waals surface area contributed by atoms with Crippen molar-refractivity contribution in [1.82, 2.24) is 0 Å². The van der Waals surface area contributed by atoms with Crippen LogP contribution in [0.1, 0.15) is 142 Å². The molecule has 0 N–H and O–H groups in total. The molecule has 6 nitrogen and oxygen atoms in total. The quantitative estimate of drug-likeness (QED) is 0.0482. The molecule has 0 bridgehead atoms. The molecule has 2 aliphatic rings. The highest BCUT2D eigenvalue weighted by molar-refractivity contribution is 5.91. The summed E-state index contributed by atoms with van der Waals surface area (Å²) < 4.78 is 21.8. The molecule has 220 valence electrons. The Labute approximate surface area is 232 Å². The lowest BCUT2D eigenvalue weighted by Crippen LogP contribution is -2.07. The van der Waals surface area contributed by atoms with E-state index in [4.69, 9.17) is 18.9 Å². The van der Waals surface area contributed by atoms with E-state index < -0.39 is 11.9 Å². The van der Waals surface area contributed by atoms with E-state index in [-0.39, 0.29) is 0 Å². The summed E-state index contributed by atoms with van der Waals surface area (Å²) in [6, 6.07) is 0. The molecule has 4 unspecified atom stereocenters. The van der Waals surface area contributed by atoms with Gasteiger partial charge in [-0.05, 0) is 38.5 Å². The topological polar surface area (TPSA) is 77.7 Å². The van der Waals surface area contributed by atoms with Crippen LogP contribution in [0, 0.1) is 0 Å². The van der Waals surface area contributed by atoms with Gasteiger partial charge in [0.25, 0.3) is 0 Å². The van der Waals surface area contributed by atoms with Crippen molar-refractivity contribution in [3.8, 4) is 0 Å². The molecule has 0 saturated carbocycles. The molecule has 2 heterocycles. The number of ether oxygens (including phenoxy) is 4. The van der Waals surface area contributed by atoms with E-state index in [9.17, 15) is 9.59 Å². The first-order valence-corrected chi connectivity index (χ1v) is 16.0. The molecule has 0 aromatic rings. The second-order valence-corrected chi connectivity index (χ2v) is 11.2. The molecule has 0 radical (unpaired) electrons. The molecule has 0 spiro atoms. The van der Waals surface area contributed by atoms with Gasteiger partial charge in [-0.3, -0.25) is 0 Å². The first kappa shape index (κ1) is 32.8. The van der Waals surface area contributed by atoms with Gasteiger partial charge >= 0.3 is 11.9 Å². The van der Waals surface area contributed by atoms with E-state index in [1.54, 1.807) is 0 Å². The Bertz CT molecular complexity index is 594. The SMILES string of the molecule is CCCCCCCCCC1OC1CCCOC(=O)/C=C\C(=O)OCCCC1OC1CCCCCCCCC. The summed E-state index contributed by atoms with van der Waals surface area (Å²) in [7, 11) is 0. The molecule has 0 aromatic carbocycles. The highest BCUT2D eigenvalue weighted by atomic mass is 16.6. The van der Waals surface area contributed by atoms with E-state index in [0.29, 0.717) is 37.6 Å². The summed E-state index contributed by atoms with van der Waals surface area (Å²) in [5.74, 6) is -1.00. The van der Waals surface area contributed by atoms with Crippen molar-refractivity contribution in [3.63, 3.8) is 0 Å². The fourth-order valence-electron chi connectivity index (χ4n) is 5.13. The monoisotopic (exact) mass is 536 g/mol. The summed E-state index contributed by atoms with van der Waals surface area (Å²) in [5, 5.41) is 0. The van der Waals surface area contributed by atoms with Gasteiger partial charge in [0.2, 0.25) is 0 Å². The van der Waals surface area contributed by atoms with Crippen LogP contribution in [-0.2, 0) is 28.5 Å². The molecule has 2 aliphatic heterocycles. The van der Waals surface area contributed by atoms with E-state index in [0.717, 1.165) is 50.7 Å². The molecule has 2 fully saturated rings. The maximum atomic E-state index is 11.8. The van der Waals surface area contributed by atoms with Crippen molar-refractivity contribution in [2.45, 2.75) is 167 Å². The van der Waals surface area contributed by atoms with Gasteiger partial charge < -0.3 is 18.9 Å². The van der Waals surface area contributed by atoms with Crippen LogP contribution in [0.3, 0.4) is 0 Å². The lowest BCUT2D eigenvalue weighted by atomic mass is 10.1. The van der Waals surface area contributed by atoms with Crippen molar-refractivity contribution in [2.24, 2.45) is 0 Å². The van der Waals surface area contributed by atoms with Crippen LogP contribution in [0.5, 0.6) is 0 Å². The van der Waals surface area contributed by atoms with Gasteiger partial charge in [0.05, 0.1) is 37.6 Å². The lowest BCUT2D eigenvalue weighted by Gasteiger charge is -2.02. The smallest absolute Gasteiger partial charge is 0.331 e. The maximum absolute atomic E-state index is 11.8. The normalized spacial score (nSPS) is 22.1. The molecular weight excluding hydrogens is 480 g/mol. The Morgan fingerprint density at radius 1 is 0.500 bits per heavy atom. The molecule has 0 aliphatic carbocycles. The fourth-order valence-corrected chi connectivity index (χ4v) is 5.13. The van der Waals surface area contributed by atoms with Crippen LogP contribution in [0.2, 0.25) is 0 Å². The van der Waals surface area contributed by atoms with Gasteiger partial charge in [0.15, 0.2) is 0 Å². The first-order valence-electron chi connectivity index (χ1n) is 16.0. The van der Waals surface area contributed by atoms with Crippen LogP contribution < -0.4 is 0 Å². The molecule has 2 rings (SSSR count). The zero-order valence-corrected chi connectivity index (χ0v) is 24.5. The van der Waals surface area contributed by atoms with Gasteiger partial charge in [0, 0.05) is 12.2 Å². The van der Waals surface area contributed by atoms with Crippen LogP contribution in [0.15, 0.2) is 12.2 Å². The van der Waals surface area contributed by atoms with E-state index in [1.165, 1.54) is 89.9 Å². The maximum Gasteiger partial charge on any atom is 0.331 e. The van der Waals surface area contributed by atoms with Gasteiger partial charge in [-0.25, -0.2) is 9.59 Å². The van der Waals surface area contributed by atoms with Crippen LogP contribution >= 0.6 is 0 Å². The summed E-state index contributed by atoms with van der Waals surface area (Å²) in [4.78, 5) is 23.6. The van der Waals surface area contributed by atoms with E-state index in [2.05, 4.69) is 13.8 Å². The molecule has 38 heavy (non-hydrogen) atoms. The van der Waals surface area contributed by atoms with Gasteiger partial charge in [0.1, 0.15) is 0 Å². The van der Waals surface area contributed by atoms with E-state index >= 15 is 0 Å². The predicted octanol–water partition coefficient (Wildman–Crippen LogP) is 8.01. The highest BCUT2D eigenvalue weighted by Crippen LogP contribution is 2.32. The Balaban J connectivity index is 1.33. The number of rotatable bonds is 26. The average molecular weight is 537 g/mol. The third-order valence-corrected chi connectivity index (χ3v) is 7.67. The number of carbonyl (C=O) groups excluding carboxylic acids is 2. The zero-order valence-electron chi connectivity index (χ0n) is 24.5. The highest BCUT2D eigenvalue weighted by Gasteiger charge is 2.37. The van der Waals surface area contributed by atoms with Gasteiger partial charge in [-0.1, -0.05) is 104 Å². The number of carbonyl (C=O) groups is 2. The zero-order chi connectivity index (χ0) is 27.3. The van der Waals surface area contributed by atoms with Gasteiger partial charge in [-0.2, -0.15) is 0 Å². The van der Waals surface area contributed by atoms with Crippen molar-refractivity contribution in [2.75, 3.05) is 13.2 Å². The Morgan fingerprint density at radius 3 is 1.18 bits per heavy atom. The van der Waals surface area contributed by atoms with Crippen LogP contribution in [-0.4, -0.2) is 49.6 Å². The second-order valence-electron chi connectivity index (χ2n) is 11.2. The summed E-state index contributed by atoms with van der Waals surface area (Å²) in [5.41, 5.74) is 0. The number of unbranched alkanes of at least 4 members (excludes halogenated alkanes) is 12. The number of hydrogen-bond acceptors (Lipinski definition) is 6. The summed E-state index contributed by atoms with van der Waals surface area (Å²) in [6.45, 7) is 5.20. The lowest BCUT2D eigenvalue weighted by molar-refractivity contribution is -0.140. The Hall–Kier alpha value is -1.40. The Morgan fingerprint density at radius 2 is 0.816 bits per heavy atom. The fraction of sp³-hybridized carbons (Fsp3) is 0.875. The van der Waals surface area contributed by atoms with Crippen LogP contribution in [0.4, 0.5) is 0 Å². The molecule has 0 amide bonds. The second kappa shape index (κ2) is 21.4. The van der Waals surface area contributed by atoms with Crippen molar-refractivity contribution >= 4 is 11.9 Å². The number of hydrogen-bond donors (Lipinski definition) is 0. The number of esters is 2. The average Bonchev–Trinajstić information content (AvgIpc) is 3.84. The molecular formula is C32H56O6. The largest absolute Gasteiger partial charge is 0.463 e. The van der Waals surface area contributed by atoms with Crippen molar-refractivity contribution in [3.05, 3.63) is 12.2 Å². The summed E-state index contributed by atoms with van der Waals surface area (Å²) in [6.07, 6.45) is 28.0. The first-order chi connectivity index (χ1) is 18.6. The minimum Gasteiger partial charge on any atom is -0.463 e. The predicted molar refractivity (Wildman–Crippen MR) is 152 cm³/mol. The standard InChI is InChI=1S/C32H56O6/c1-3-5-7-9-11-13-15-19-27-29(37-27)21-17-25-35-31(33)23-24-32(34)36-26-18-22-30-28(38-30)20-16-14-12-10-8-6-4-2/h23-24,27-30H,3-22,25-26H2,1-2H3/b24-23-. The minimum absolute atomic E-state index is 0.330. The third-order valence-electron chi connectivity index (χ3n) is 7.67. The molecule has 6 heteroatoms. The Kier molecular flexibility index (Phi) is 18.5. The van der Waals surface area contributed by atoms with Crippen molar-refractivity contribution < 1.29 is 28.5 Å². The molecule has 4 atom stereocenters. The third kappa shape index (κ3) is 17.2.